The van der Waals surface area contributed by atoms with Gasteiger partial charge in [-0.25, -0.2) is 0 Å². The van der Waals surface area contributed by atoms with E-state index in [0.29, 0.717) is 0 Å². The average molecular weight is 137 g/mol. The lowest BCUT2D eigenvalue weighted by molar-refractivity contribution is 1.16. The second kappa shape index (κ2) is 3.63. The lowest BCUT2D eigenvalue weighted by atomic mass is 10.2. The van der Waals surface area contributed by atoms with Gasteiger partial charge in [-0.3, -0.25) is 0 Å². The van der Waals surface area contributed by atoms with E-state index in [1.165, 1.54) is 5.56 Å². The van der Waals surface area contributed by atoms with Crippen LogP contribution in [-0.4, -0.2) is 6.16 Å². The van der Waals surface area contributed by atoms with Crippen LogP contribution in [0.5, 0.6) is 0 Å². The molecule has 1 aromatic carbocycles. The third-order valence-electron chi connectivity index (χ3n) is 1.26. The first-order chi connectivity index (χ1) is 4.43. The lowest BCUT2D eigenvalue weighted by Gasteiger charge is -1.93. The number of aryl methyl sites for hydroxylation is 1. The fourth-order valence-corrected chi connectivity index (χ4v) is 1.08. The van der Waals surface area contributed by atoms with Gasteiger partial charge in [-0.05, 0) is 18.1 Å². The van der Waals surface area contributed by atoms with Crippen molar-refractivity contribution in [3.63, 3.8) is 0 Å². The summed E-state index contributed by atoms with van der Waals surface area (Å²) in [4.78, 5) is 0. The molecule has 0 unspecified atom stereocenters. The molecule has 0 heterocycles. The summed E-state index contributed by atoms with van der Waals surface area (Å²) in [6, 6.07) is 10.5. The minimum Gasteiger partial charge on any atom is -0.0989 e. The molecule has 0 saturated carbocycles. The highest BCUT2D eigenvalue weighted by atomic mass is 31.0. The van der Waals surface area contributed by atoms with Crippen molar-refractivity contribution in [3.8, 4) is 0 Å². The summed E-state index contributed by atoms with van der Waals surface area (Å²) in [6.07, 6.45) is 2.17. The molecular weight excluding hydrogens is 127 g/mol. The molecule has 1 radical (unpaired) electrons. The monoisotopic (exact) mass is 137 g/mol. The highest BCUT2D eigenvalue weighted by Gasteiger charge is 1.84. The van der Waals surface area contributed by atoms with Gasteiger partial charge in [-0.1, -0.05) is 39.6 Å². The van der Waals surface area contributed by atoms with Gasteiger partial charge in [-0.15, -0.1) is 0 Å². The first kappa shape index (κ1) is 6.77. The maximum atomic E-state index is 3.43. The van der Waals surface area contributed by atoms with E-state index in [2.05, 4.69) is 33.5 Å². The molecule has 0 spiro atoms. The first-order valence-corrected chi connectivity index (χ1v) is 3.82. The summed E-state index contributed by atoms with van der Waals surface area (Å²) in [5, 5.41) is 0. The fraction of sp³-hybridized carbons (Fsp3) is 0.250. The van der Waals surface area contributed by atoms with Crippen LogP contribution in [-0.2, 0) is 6.42 Å². The molecule has 0 N–H and O–H groups in total. The summed E-state index contributed by atoms with van der Waals surface area (Å²) in [5.41, 5.74) is 1.40. The maximum Gasteiger partial charge on any atom is -0.0239 e. The molecule has 1 rings (SSSR count). The van der Waals surface area contributed by atoms with Gasteiger partial charge in [0.25, 0.3) is 0 Å². The van der Waals surface area contributed by atoms with Crippen molar-refractivity contribution in [3.05, 3.63) is 35.9 Å². The molecule has 1 heteroatoms. The number of benzene rings is 1. The third kappa shape index (κ3) is 2.15. The van der Waals surface area contributed by atoms with Crippen molar-refractivity contribution >= 4 is 9.24 Å². The highest BCUT2D eigenvalue weighted by molar-refractivity contribution is 7.16. The van der Waals surface area contributed by atoms with E-state index in [1.54, 1.807) is 0 Å². The molecule has 0 aliphatic rings. The van der Waals surface area contributed by atoms with Gasteiger partial charge < -0.3 is 0 Å². The van der Waals surface area contributed by atoms with Crippen molar-refractivity contribution in [2.75, 3.05) is 6.16 Å². The van der Waals surface area contributed by atoms with Gasteiger partial charge in [-0.2, -0.15) is 0 Å². The SMILES string of the molecule is [PH]CCc1ccccc1. The third-order valence-corrected chi connectivity index (χ3v) is 1.51. The number of rotatable bonds is 2. The topological polar surface area (TPSA) is 0 Å². The Morgan fingerprint density at radius 3 is 2.33 bits per heavy atom. The summed E-state index contributed by atoms with van der Waals surface area (Å²) < 4.78 is 0. The largest absolute Gasteiger partial charge is 0.0989 e. The van der Waals surface area contributed by atoms with Crippen LogP contribution < -0.4 is 0 Å². The summed E-state index contributed by atoms with van der Waals surface area (Å²) in [6.45, 7) is 0. The highest BCUT2D eigenvalue weighted by Crippen LogP contribution is 2.00. The van der Waals surface area contributed by atoms with E-state index in [1.807, 2.05) is 6.07 Å². The molecule has 9 heavy (non-hydrogen) atoms. The number of hydrogen-bond donors (Lipinski definition) is 0. The molecule has 0 atom stereocenters. The van der Waals surface area contributed by atoms with Crippen molar-refractivity contribution in [1.82, 2.24) is 0 Å². The normalized spacial score (nSPS) is 9.44. The predicted molar refractivity (Wildman–Crippen MR) is 43.3 cm³/mol. The minimum absolute atomic E-state index is 1.05. The summed E-state index contributed by atoms with van der Waals surface area (Å²) in [7, 11) is 3.43. The van der Waals surface area contributed by atoms with Crippen LogP contribution in [0.2, 0.25) is 0 Å². The molecule has 0 aliphatic carbocycles. The fourth-order valence-electron chi connectivity index (χ4n) is 0.789. The van der Waals surface area contributed by atoms with Crippen LogP contribution in [0.4, 0.5) is 0 Å². The van der Waals surface area contributed by atoms with E-state index >= 15 is 0 Å². The Hall–Kier alpha value is -0.350. The molecular formula is C8H10P. The zero-order chi connectivity index (χ0) is 6.53. The molecule has 0 nitrogen and oxygen atoms in total. The van der Waals surface area contributed by atoms with Gasteiger partial charge >= 0.3 is 0 Å². The summed E-state index contributed by atoms with van der Waals surface area (Å²) in [5.74, 6) is 0. The van der Waals surface area contributed by atoms with Crippen LogP contribution in [0, 0.1) is 0 Å². The van der Waals surface area contributed by atoms with Crippen molar-refractivity contribution < 1.29 is 0 Å². The first-order valence-electron chi connectivity index (χ1n) is 3.12. The van der Waals surface area contributed by atoms with Crippen LogP contribution in [0.1, 0.15) is 5.56 Å². The van der Waals surface area contributed by atoms with E-state index < -0.39 is 0 Å². The van der Waals surface area contributed by atoms with Gasteiger partial charge in [0.05, 0.1) is 0 Å². The average Bonchev–Trinajstić information content (AvgIpc) is 1.91. The summed E-state index contributed by atoms with van der Waals surface area (Å²) >= 11 is 0. The van der Waals surface area contributed by atoms with E-state index in [9.17, 15) is 0 Å². The Morgan fingerprint density at radius 1 is 1.11 bits per heavy atom. The molecule has 0 saturated heterocycles. The lowest BCUT2D eigenvalue weighted by Crippen LogP contribution is -1.82. The molecule has 0 fully saturated rings. The molecule has 47 valence electrons. The van der Waals surface area contributed by atoms with E-state index in [4.69, 9.17) is 0 Å². The van der Waals surface area contributed by atoms with Crippen molar-refractivity contribution in [1.29, 1.82) is 0 Å². The second-order valence-electron chi connectivity index (χ2n) is 1.99. The van der Waals surface area contributed by atoms with Crippen molar-refractivity contribution in [2.24, 2.45) is 0 Å². The standard InChI is InChI=1S/C8H10P/c9-7-6-8-4-2-1-3-5-8/h1-5,9H,6-7H2. The Morgan fingerprint density at radius 2 is 1.78 bits per heavy atom. The van der Waals surface area contributed by atoms with Gasteiger partial charge in [0, 0.05) is 0 Å². The van der Waals surface area contributed by atoms with E-state index in [-0.39, 0.29) is 0 Å². The molecule has 0 amide bonds. The zero-order valence-electron chi connectivity index (χ0n) is 5.30. The van der Waals surface area contributed by atoms with Crippen LogP contribution in [0.3, 0.4) is 0 Å². The Balaban J connectivity index is 2.61. The van der Waals surface area contributed by atoms with Gasteiger partial charge in [0.1, 0.15) is 0 Å². The second-order valence-corrected chi connectivity index (χ2v) is 2.49. The van der Waals surface area contributed by atoms with Crippen LogP contribution in [0.25, 0.3) is 0 Å². The maximum absolute atomic E-state index is 3.43. The Bertz CT molecular complexity index is 157. The molecule has 1 aromatic rings. The van der Waals surface area contributed by atoms with Crippen molar-refractivity contribution in [2.45, 2.75) is 6.42 Å². The quantitative estimate of drug-likeness (QED) is 0.549. The molecule has 0 aromatic heterocycles. The van der Waals surface area contributed by atoms with Crippen LogP contribution in [0.15, 0.2) is 30.3 Å². The Kier molecular flexibility index (Phi) is 2.73. The predicted octanol–water partition coefficient (Wildman–Crippen LogP) is 2.37. The van der Waals surface area contributed by atoms with Gasteiger partial charge in [0.15, 0.2) is 0 Å². The molecule has 0 aliphatic heterocycles. The van der Waals surface area contributed by atoms with Gasteiger partial charge in [0.2, 0.25) is 0 Å². The smallest absolute Gasteiger partial charge is 0.0239 e. The van der Waals surface area contributed by atoms with E-state index in [0.717, 1.165) is 12.6 Å². The Labute approximate surface area is 58.5 Å². The minimum atomic E-state index is 1.05. The van der Waals surface area contributed by atoms with Crippen LogP contribution >= 0.6 is 9.24 Å². The zero-order valence-corrected chi connectivity index (χ0v) is 6.30. The molecule has 0 bridgehead atoms. The number of hydrogen-bond acceptors (Lipinski definition) is 0.